The van der Waals surface area contributed by atoms with E-state index < -0.39 is 5.97 Å². The summed E-state index contributed by atoms with van der Waals surface area (Å²) in [6.07, 6.45) is 0. The molecule has 1 heterocycles. The van der Waals surface area contributed by atoms with Gasteiger partial charge >= 0.3 is 5.97 Å². The smallest absolute Gasteiger partial charge is 0.356 e. The lowest BCUT2D eigenvalue weighted by atomic mass is 10.1. The van der Waals surface area contributed by atoms with Crippen LogP contribution in [0.5, 0.6) is 11.5 Å². The van der Waals surface area contributed by atoms with Crippen molar-refractivity contribution < 1.29 is 19.4 Å². The van der Waals surface area contributed by atoms with Gasteiger partial charge in [-0.1, -0.05) is 0 Å². The number of aryl methyl sites for hydroxylation is 1. The lowest BCUT2D eigenvalue weighted by Gasteiger charge is -2.11. The molecule has 0 amide bonds. The first-order valence-corrected chi connectivity index (χ1v) is 6.15. The Bertz CT molecular complexity index is 634. The zero-order valence-electron chi connectivity index (χ0n) is 11.6. The van der Waals surface area contributed by atoms with Gasteiger partial charge < -0.3 is 14.6 Å². The van der Waals surface area contributed by atoms with Crippen LogP contribution in [0, 0.1) is 0 Å². The number of hydrogen-bond acceptors (Lipinski definition) is 4. The standard InChI is InChI=1S/C14H16N2O4/c1-4-20-13-7-9(19-3)5-6-10(13)12-8-11(14(17)18)15-16(12)2/h5-8H,4H2,1-3H3,(H,17,18). The molecular weight excluding hydrogens is 260 g/mol. The second-order valence-electron chi connectivity index (χ2n) is 4.14. The van der Waals surface area contributed by atoms with Crippen molar-refractivity contribution in [3.63, 3.8) is 0 Å². The van der Waals surface area contributed by atoms with E-state index >= 15 is 0 Å². The molecule has 0 unspecified atom stereocenters. The van der Waals surface area contributed by atoms with Crippen LogP contribution in [0.1, 0.15) is 17.4 Å². The molecule has 0 bridgehead atoms. The van der Waals surface area contributed by atoms with Crippen molar-refractivity contribution in [1.29, 1.82) is 0 Å². The highest BCUT2D eigenvalue weighted by molar-refractivity contribution is 5.87. The highest BCUT2D eigenvalue weighted by atomic mass is 16.5. The minimum atomic E-state index is -1.06. The second-order valence-corrected chi connectivity index (χ2v) is 4.14. The monoisotopic (exact) mass is 276 g/mol. The molecule has 0 aliphatic heterocycles. The summed E-state index contributed by atoms with van der Waals surface area (Å²) in [7, 11) is 3.28. The fourth-order valence-electron chi connectivity index (χ4n) is 1.94. The number of aromatic carboxylic acids is 1. The highest BCUT2D eigenvalue weighted by Crippen LogP contribution is 2.33. The molecule has 0 aliphatic rings. The minimum Gasteiger partial charge on any atom is -0.497 e. The van der Waals surface area contributed by atoms with Crippen LogP contribution in [0.25, 0.3) is 11.3 Å². The summed E-state index contributed by atoms with van der Waals surface area (Å²) in [4.78, 5) is 11.0. The Balaban J connectivity index is 2.53. The van der Waals surface area contributed by atoms with E-state index in [2.05, 4.69) is 5.10 Å². The quantitative estimate of drug-likeness (QED) is 0.906. The summed E-state index contributed by atoms with van der Waals surface area (Å²) >= 11 is 0. The maximum atomic E-state index is 11.0. The zero-order valence-corrected chi connectivity index (χ0v) is 11.6. The van der Waals surface area contributed by atoms with Crippen molar-refractivity contribution in [1.82, 2.24) is 9.78 Å². The van der Waals surface area contributed by atoms with Crippen LogP contribution in [0.3, 0.4) is 0 Å². The number of carboxylic acids is 1. The second kappa shape index (κ2) is 5.64. The third kappa shape index (κ3) is 2.59. The first kappa shape index (κ1) is 13.9. The Morgan fingerprint density at radius 2 is 2.15 bits per heavy atom. The summed E-state index contributed by atoms with van der Waals surface area (Å²) in [6, 6.07) is 6.91. The van der Waals surface area contributed by atoms with Crippen molar-refractivity contribution in [3.05, 3.63) is 30.0 Å². The van der Waals surface area contributed by atoms with Crippen LogP contribution in [0.15, 0.2) is 24.3 Å². The molecule has 0 saturated carbocycles. The van der Waals surface area contributed by atoms with Gasteiger partial charge in [0.15, 0.2) is 5.69 Å². The van der Waals surface area contributed by atoms with Crippen molar-refractivity contribution in [2.45, 2.75) is 6.92 Å². The number of benzene rings is 1. The van der Waals surface area contributed by atoms with E-state index in [9.17, 15) is 4.79 Å². The predicted molar refractivity (Wildman–Crippen MR) is 73.3 cm³/mol. The fourth-order valence-corrected chi connectivity index (χ4v) is 1.94. The third-order valence-corrected chi connectivity index (χ3v) is 2.86. The van der Waals surface area contributed by atoms with Gasteiger partial charge in [0, 0.05) is 18.7 Å². The molecule has 1 aromatic carbocycles. The van der Waals surface area contributed by atoms with E-state index in [1.54, 1.807) is 26.3 Å². The minimum absolute atomic E-state index is 0.000710. The number of methoxy groups -OCH3 is 1. The maximum Gasteiger partial charge on any atom is 0.356 e. The molecule has 0 fully saturated rings. The molecule has 1 aromatic heterocycles. The van der Waals surface area contributed by atoms with Gasteiger partial charge in [-0.3, -0.25) is 4.68 Å². The number of rotatable bonds is 5. The van der Waals surface area contributed by atoms with Crippen LogP contribution in [-0.2, 0) is 7.05 Å². The van der Waals surface area contributed by atoms with Crippen molar-refractivity contribution in [2.75, 3.05) is 13.7 Å². The SMILES string of the molecule is CCOc1cc(OC)ccc1-c1cc(C(=O)O)nn1C. The Morgan fingerprint density at radius 3 is 2.70 bits per heavy atom. The van der Waals surface area contributed by atoms with Crippen LogP contribution >= 0.6 is 0 Å². The highest BCUT2D eigenvalue weighted by Gasteiger charge is 2.16. The zero-order chi connectivity index (χ0) is 14.7. The van der Waals surface area contributed by atoms with Crippen molar-refractivity contribution >= 4 is 5.97 Å². The maximum absolute atomic E-state index is 11.0. The Hall–Kier alpha value is -2.50. The topological polar surface area (TPSA) is 73.6 Å². The molecule has 2 rings (SSSR count). The molecule has 20 heavy (non-hydrogen) atoms. The van der Waals surface area contributed by atoms with Crippen molar-refractivity contribution in [2.24, 2.45) is 7.05 Å². The molecule has 6 nitrogen and oxygen atoms in total. The number of carbonyl (C=O) groups is 1. The van der Waals surface area contributed by atoms with Crippen LogP contribution in [-0.4, -0.2) is 34.6 Å². The molecule has 106 valence electrons. The number of nitrogens with zero attached hydrogens (tertiary/aromatic N) is 2. The third-order valence-electron chi connectivity index (χ3n) is 2.86. The average molecular weight is 276 g/mol. The van der Waals surface area contributed by atoms with E-state index in [0.29, 0.717) is 23.8 Å². The number of carboxylic acid groups (broad SMARTS) is 1. The molecular formula is C14H16N2O4. The molecule has 2 aromatic rings. The van der Waals surface area contributed by atoms with E-state index in [1.165, 1.54) is 10.7 Å². The Labute approximate surface area is 116 Å². The van der Waals surface area contributed by atoms with E-state index in [-0.39, 0.29) is 5.69 Å². The Morgan fingerprint density at radius 1 is 1.40 bits per heavy atom. The van der Waals surface area contributed by atoms with Crippen LogP contribution in [0.2, 0.25) is 0 Å². The van der Waals surface area contributed by atoms with Gasteiger partial charge in [-0.05, 0) is 25.1 Å². The fraction of sp³-hybridized carbons (Fsp3) is 0.286. The molecule has 0 spiro atoms. The number of aromatic nitrogens is 2. The van der Waals surface area contributed by atoms with Gasteiger partial charge in [0.2, 0.25) is 0 Å². The van der Waals surface area contributed by atoms with Crippen molar-refractivity contribution in [3.8, 4) is 22.8 Å². The lowest BCUT2D eigenvalue weighted by molar-refractivity contribution is 0.0689. The van der Waals surface area contributed by atoms with Gasteiger partial charge in [-0.25, -0.2) is 4.79 Å². The van der Waals surface area contributed by atoms with Gasteiger partial charge in [-0.2, -0.15) is 5.10 Å². The van der Waals surface area contributed by atoms with E-state index in [1.807, 2.05) is 13.0 Å². The molecule has 0 atom stereocenters. The van der Waals surface area contributed by atoms with E-state index in [4.69, 9.17) is 14.6 Å². The Kier molecular flexibility index (Phi) is 3.93. The van der Waals surface area contributed by atoms with Gasteiger partial charge in [-0.15, -0.1) is 0 Å². The summed E-state index contributed by atoms with van der Waals surface area (Å²) < 4.78 is 12.3. The first-order chi connectivity index (χ1) is 9.56. The summed E-state index contributed by atoms with van der Waals surface area (Å²) in [5, 5.41) is 13.0. The summed E-state index contributed by atoms with van der Waals surface area (Å²) in [6.45, 7) is 2.39. The number of ether oxygens (including phenoxy) is 2. The largest absolute Gasteiger partial charge is 0.497 e. The predicted octanol–water partition coefficient (Wildman–Crippen LogP) is 2.19. The molecule has 0 radical (unpaired) electrons. The van der Waals surface area contributed by atoms with Crippen LogP contribution < -0.4 is 9.47 Å². The molecule has 0 saturated heterocycles. The lowest BCUT2D eigenvalue weighted by Crippen LogP contribution is -2.00. The molecule has 1 N–H and O–H groups in total. The number of hydrogen-bond donors (Lipinski definition) is 1. The first-order valence-electron chi connectivity index (χ1n) is 6.15. The molecule has 0 aliphatic carbocycles. The van der Waals surface area contributed by atoms with Gasteiger partial charge in [0.25, 0.3) is 0 Å². The average Bonchev–Trinajstić information content (AvgIpc) is 2.81. The van der Waals surface area contributed by atoms with Gasteiger partial charge in [0.1, 0.15) is 11.5 Å². The summed E-state index contributed by atoms with van der Waals surface area (Å²) in [5.74, 6) is 0.253. The van der Waals surface area contributed by atoms with Crippen LogP contribution in [0.4, 0.5) is 0 Å². The summed E-state index contributed by atoms with van der Waals surface area (Å²) in [5.41, 5.74) is 1.45. The molecule has 6 heteroatoms. The van der Waals surface area contributed by atoms with Gasteiger partial charge in [0.05, 0.1) is 19.4 Å². The van der Waals surface area contributed by atoms with E-state index in [0.717, 1.165) is 5.56 Å². The normalized spacial score (nSPS) is 10.3.